The molecule has 0 saturated heterocycles. The van der Waals surface area contributed by atoms with Crippen molar-refractivity contribution in [3.05, 3.63) is 77.3 Å². The zero-order chi connectivity index (χ0) is 14.7. The number of hydrogen-bond donors (Lipinski definition) is 0. The molecule has 0 saturated carbocycles. The number of thioether (sulfide) groups is 1. The lowest BCUT2D eigenvalue weighted by Gasteiger charge is -2.04. The van der Waals surface area contributed by atoms with Gasteiger partial charge < -0.3 is 0 Å². The van der Waals surface area contributed by atoms with Crippen LogP contribution < -0.4 is 0 Å². The zero-order valence-corrected chi connectivity index (χ0v) is 12.8. The van der Waals surface area contributed by atoms with E-state index in [1.54, 1.807) is 36.0 Å². The minimum atomic E-state index is 0.116. The van der Waals surface area contributed by atoms with Crippen LogP contribution in [0.2, 0.25) is 5.02 Å². The monoisotopic (exact) mass is 312 g/mol. The number of Topliss-reactive ketones (excluding diaryl/α,β-unsaturated/α-hetero) is 1. The van der Waals surface area contributed by atoms with Crippen LogP contribution >= 0.6 is 23.4 Å². The van der Waals surface area contributed by atoms with Gasteiger partial charge in [-0.25, -0.2) is 0 Å². The van der Waals surface area contributed by atoms with E-state index in [4.69, 9.17) is 11.6 Å². The van der Waals surface area contributed by atoms with E-state index in [0.717, 1.165) is 4.90 Å². The summed E-state index contributed by atoms with van der Waals surface area (Å²) in [5, 5.41) is 3.06. The molecule has 0 spiro atoms. The van der Waals surface area contributed by atoms with Gasteiger partial charge in [-0.05, 0) is 47.2 Å². The molecule has 0 aliphatic rings. The molecule has 3 aromatic carbocycles. The lowest BCUT2D eigenvalue weighted by atomic mass is 10.1. The summed E-state index contributed by atoms with van der Waals surface area (Å²) in [4.78, 5) is 13.2. The second-order valence-electron chi connectivity index (χ2n) is 4.73. The highest BCUT2D eigenvalue weighted by Crippen LogP contribution is 2.24. The van der Waals surface area contributed by atoms with Crippen molar-refractivity contribution in [1.82, 2.24) is 0 Å². The fourth-order valence-electron chi connectivity index (χ4n) is 2.13. The Morgan fingerprint density at radius 2 is 1.62 bits per heavy atom. The Balaban J connectivity index is 1.71. The van der Waals surface area contributed by atoms with Gasteiger partial charge in [0.2, 0.25) is 0 Å². The molecule has 0 atom stereocenters. The van der Waals surface area contributed by atoms with Gasteiger partial charge in [-0.15, -0.1) is 11.8 Å². The molecular weight excluding hydrogens is 300 g/mol. The largest absolute Gasteiger partial charge is 0.293 e. The highest BCUT2D eigenvalue weighted by molar-refractivity contribution is 8.00. The first-order valence-electron chi connectivity index (χ1n) is 6.63. The third kappa shape index (κ3) is 3.46. The fourth-order valence-corrected chi connectivity index (χ4v) is 3.09. The normalized spacial score (nSPS) is 10.7. The molecular formula is C18H13ClOS. The highest BCUT2D eigenvalue weighted by Gasteiger charge is 2.07. The first-order valence-corrected chi connectivity index (χ1v) is 7.99. The van der Waals surface area contributed by atoms with Gasteiger partial charge in [-0.3, -0.25) is 4.79 Å². The van der Waals surface area contributed by atoms with Gasteiger partial charge in [0.25, 0.3) is 0 Å². The molecule has 3 rings (SSSR count). The molecule has 3 heteroatoms. The molecule has 0 aliphatic carbocycles. The highest BCUT2D eigenvalue weighted by atomic mass is 35.5. The predicted octanol–water partition coefficient (Wildman–Crippen LogP) is 5.47. The SMILES string of the molecule is O=C(CSc1ccc2ccccc2c1)c1ccc(Cl)cc1. The number of rotatable bonds is 4. The molecule has 1 nitrogen and oxygen atoms in total. The standard InChI is InChI=1S/C18H13ClOS/c19-16-8-5-14(6-9-16)18(20)12-21-17-10-7-13-3-1-2-4-15(13)11-17/h1-11H,12H2. The van der Waals surface area contributed by atoms with E-state index in [0.29, 0.717) is 16.3 Å². The van der Waals surface area contributed by atoms with Crippen molar-refractivity contribution in [3.63, 3.8) is 0 Å². The Morgan fingerprint density at radius 1 is 0.905 bits per heavy atom. The van der Waals surface area contributed by atoms with Crippen LogP contribution in [0.5, 0.6) is 0 Å². The van der Waals surface area contributed by atoms with Crippen molar-refractivity contribution >= 4 is 39.9 Å². The fraction of sp³-hybridized carbons (Fsp3) is 0.0556. The summed E-state index contributed by atoms with van der Waals surface area (Å²) in [7, 11) is 0. The lowest BCUT2D eigenvalue weighted by molar-refractivity contribution is 0.102. The molecule has 0 amide bonds. The summed E-state index contributed by atoms with van der Waals surface area (Å²) in [5.74, 6) is 0.546. The number of fused-ring (bicyclic) bond motifs is 1. The lowest BCUT2D eigenvalue weighted by Crippen LogP contribution is -2.01. The van der Waals surface area contributed by atoms with Crippen molar-refractivity contribution in [2.45, 2.75) is 4.90 Å². The van der Waals surface area contributed by atoms with Crippen molar-refractivity contribution in [2.75, 3.05) is 5.75 Å². The van der Waals surface area contributed by atoms with Crippen molar-refractivity contribution in [3.8, 4) is 0 Å². The van der Waals surface area contributed by atoms with Gasteiger partial charge in [0, 0.05) is 15.5 Å². The average Bonchev–Trinajstić information content (AvgIpc) is 2.53. The summed E-state index contributed by atoms with van der Waals surface area (Å²) < 4.78 is 0. The quantitative estimate of drug-likeness (QED) is 0.469. The zero-order valence-electron chi connectivity index (χ0n) is 11.3. The molecule has 0 aliphatic heterocycles. The van der Waals surface area contributed by atoms with Crippen LogP contribution in [0.4, 0.5) is 0 Å². The van der Waals surface area contributed by atoms with Gasteiger partial charge in [0.05, 0.1) is 5.75 Å². The Labute approximate surface area is 132 Å². The molecule has 0 heterocycles. The van der Waals surface area contributed by atoms with Crippen LogP contribution in [0.25, 0.3) is 10.8 Å². The van der Waals surface area contributed by atoms with Gasteiger partial charge in [0.1, 0.15) is 0 Å². The van der Waals surface area contributed by atoms with E-state index in [-0.39, 0.29) is 5.78 Å². The van der Waals surface area contributed by atoms with Crippen molar-refractivity contribution in [1.29, 1.82) is 0 Å². The van der Waals surface area contributed by atoms with E-state index in [1.165, 1.54) is 10.8 Å². The molecule has 0 fully saturated rings. The van der Waals surface area contributed by atoms with Gasteiger partial charge >= 0.3 is 0 Å². The van der Waals surface area contributed by atoms with E-state index in [2.05, 4.69) is 30.3 Å². The number of carbonyl (C=O) groups is 1. The number of carbonyl (C=O) groups excluding carboxylic acids is 1. The molecule has 104 valence electrons. The second kappa shape index (κ2) is 6.33. The maximum atomic E-state index is 12.1. The van der Waals surface area contributed by atoms with Crippen molar-refractivity contribution in [2.24, 2.45) is 0 Å². The second-order valence-corrected chi connectivity index (χ2v) is 6.21. The minimum absolute atomic E-state index is 0.116. The smallest absolute Gasteiger partial charge is 0.173 e. The van der Waals surface area contributed by atoms with Crippen LogP contribution in [0.15, 0.2) is 71.6 Å². The molecule has 0 N–H and O–H groups in total. The Morgan fingerprint density at radius 3 is 2.38 bits per heavy atom. The summed E-state index contributed by atoms with van der Waals surface area (Å²) in [5.41, 5.74) is 0.702. The Kier molecular flexibility index (Phi) is 4.28. The molecule has 21 heavy (non-hydrogen) atoms. The molecule has 0 unspecified atom stereocenters. The predicted molar refractivity (Wildman–Crippen MR) is 90.5 cm³/mol. The van der Waals surface area contributed by atoms with E-state index < -0.39 is 0 Å². The summed E-state index contributed by atoms with van der Waals surface area (Å²) in [6, 6.07) is 21.5. The van der Waals surface area contributed by atoms with Crippen LogP contribution in [0.3, 0.4) is 0 Å². The molecule has 0 radical (unpaired) electrons. The molecule has 0 aromatic heterocycles. The Bertz CT molecular complexity index is 781. The third-order valence-corrected chi connectivity index (χ3v) is 4.50. The van der Waals surface area contributed by atoms with Crippen LogP contribution in [-0.4, -0.2) is 11.5 Å². The minimum Gasteiger partial charge on any atom is -0.293 e. The number of halogens is 1. The first-order chi connectivity index (χ1) is 10.2. The molecule has 3 aromatic rings. The number of ketones is 1. The van der Waals surface area contributed by atoms with Gasteiger partial charge in [-0.2, -0.15) is 0 Å². The van der Waals surface area contributed by atoms with E-state index >= 15 is 0 Å². The molecule has 0 bridgehead atoms. The van der Waals surface area contributed by atoms with E-state index in [9.17, 15) is 4.79 Å². The summed E-state index contributed by atoms with van der Waals surface area (Å²) in [6.07, 6.45) is 0. The average molecular weight is 313 g/mol. The van der Waals surface area contributed by atoms with Crippen LogP contribution in [-0.2, 0) is 0 Å². The Hall–Kier alpha value is -1.77. The number of benzene rings is 3. The van der Waals surface area contributed by atoms with Gasteiger partial charge in [0.15, 0.2) is 5.78 Å². The maximum Gasteiger partial charge on any atom is 0.173 e. The summed E-state index contributed by atoms with van der Waals surface area (Å²) in [6.45, 7) is 0. The number of hydrogen-bond acceptors (Lipinski definition) is 2. The van der Waals surface area contributed by atoms with Crippen LogP contribution in [0, 0.1) is 0 Å². The van der Waals surface area contributed by atoms with E-state index in [1.807, 2.05) is 12.1 Å². The first kappa shape index (κ1) is 14.2. The summed E-state index contributed by atoms with van der Waals surface area (Å²) >= 11 is 7.39. The maximum absolute atomic E-state index is 12.1. The van der Waals surface area contributed by atoms with Gasteiger partial charge in [-0.1, -0.05) is 41.9 Å². The van der Waals surface area contributed by atoms with Crippen molar-refractivity contribution < 1.29 is 4.79 Å². The van der Waals surface area contributed by atoms with Crippen LogP contribution in [0.1, 0.15) is 10.4 Å². The topological polar surface area (TPSA) is 17.1 Å². The third-order valence-electron chi connectivity index (χ3n) is 3.26.